The smallest absolute Gasteiger partial charge is 0.131 e. The zero-order valence-electron chi connectivity index (χ0n) is 11.3. The van der Waals surface area contributed by atoms with Crippen molar-refractivity contribution in [1.82, 2.24) is 5.32 Å². The molecule has 102 valence electrons. The average Bonchev–Trinajstić information content (AvgIpc) is 2.24. The minimum atomic E-state index is -0.976. The van der Waals surface area contributed by atoms with Crippen LogP contribution >= 0.6 is 0 Å². The van der Waals surface area contributed by atoms with Crippen molar-refractivity contribution in [3.05, 3.63) is 35.4 Å². The molecule has 0 spiro atoms. The summed E-state index contributed by atoms with van der Waals surface area (Å²) >= 11 is 0. The minimum absolute atomic E-state index is 0.0566. The third kappa shape index (κ3) is 4.03. The molecule has 1 rings (SSSR count). The molecular formula is C14H21F2NO. The Morgan fingerprint density at radius 3 is 2.39 bits per heavy atom. The van der Waals surface area contributed by atoms with Crippen LogP contribution in [0.25, 0.3) is 0 Å². The molecule has 0 saturated heterocycles. The van der Waals surface area contributed by atoms with Gasteiger partial charge in [-0.05, 0) is 18.4 Å². The van der Waals surface area contributed by atoms with E-state index >= 15 is 0 Å². The van der Waals surface area contributed by atoms with E-state index in [1.807, 2.05) is 6.92 Å². The normalized spacial score (nSPS) is 15.5. The highest BCUT2D eigenvalue weighted by Crippen LogP contribution is 2.21. The van der Waals surface area contributed by atoms with Crippen molar-refractivity contribution in [3.63, 3.8) is 0 Å². The van der Waals surface area contributed by atoms with Crippen LogP contribution in [0.1, 0.15) is 39.4 Å². The lowest BCUT2D eigenvalue weighted by Crippen LogP contribution is -2.39. The Balaban J connectivity index is 2.63. The highest BCUT2D eigenvalue weighted by Gasteiger charge is 2.21. The van der Waals surface area contributed by atoms with Crippen molar-refractivity contribution >= 4 is 0 Å². The molecule has 1 aromatic carbocycles. The predicted molar refractivity (Wildman–Crippen MR) is 68.2 cm³/mol. The fraction of sp³-hybridized carbons (Fsp3) is 0.571. The third-order valence-corrected chi connectivity index (χ3v) is 3.24. The molecule has 2 N–H and O–H groups in total. The van der Waals surface area contributed by atoms with Crippen LogP contribution in [0.5, 0.6) is 0 Å². The van der Waals surface area contributed by atoms with Gasteiger partial charge in [0, 0.05) is 24.2 Å². The van der Waals surface area contributed by atoms with E-state index in [0.29, 0.717) is 0 Å². The van der Waals surface area contributed by atoms with Gasteiger partial charge in [-0.15, -0.1) is 0 Å². The molecule has 2 unspecified atom stereocenters. The van der Waals surface area contributed by atoms with Gasteiger partial charge in [0.25, 0.3) is 0 Å². The molecule has 0 aliphatic rings. The quantitative estimate of drug-likeness (QED) is 0.869. The zero-order valence-corrected chi connectivity index (χ0v) is 11.3. The van der Waals surface area contributed by atoms with Gasteiger partial charge in [-0.1, -0.05) is 26.8 Å². The fourth-order valence-electron chi connectivity index (χ4n) is 1.48. The molecule has 0 aromatic heterocycles. The van der Waals surface area contributed by atoms with E-state index < -0.39 is 17.7 Å². The first kappa shape index (κ1) is 15.1. The van der Waals surface area contributed by atoms with E-state index in [1.165, 1.54) is 6.07 Å². The number of hydrogen-bond acceptors (Lipinski definition) is 2. The lowest BCUT2D eigenvalue weighted by atomic mass is 9.88. The van der Waals surface area contributed by atoms with Crippen molar-refractivity contribution < 1.29 is 13.9 Å². The molecule has 0 aliphatic carbocycles. The molecule has 0 fully saturated rings. The van der Waals surface area contributed by atoms with E-state index in [1.54, 1.807) is 0 Å². The van der Waals surface area contributed by atoms with E-state index in [4.69, 9.17) is 0 Å². The maximum Gasteiger partial charge on any atom is 0.131 e. The summed E-state index contributed by atoms with van der Waals surface area (Å²) < 4.78 is 26.2. The molecule has 0 amide bonds. The first-order chi connectivity index (χ1) is 8.21. The molecule has 1 aromatic rings. The van der Waals surface area contributed by atoms with Gasteiger partial charge in [0.05, 0.1) is 6.10 Å². The Morgan fingerprint density at radius 2 is 1.89 bits per heavy atom. The highest BCUT2D eigenvalue weighted by molar-refractivity contribution is 5.21. The van der Waals surface area contributed by atoms with Crippen LogP contribution in [0.15, 0.2) is 18.2 Å². The first-order valence-electron chi connectivity index (χ1n) is 6.08. The maximum absolute atomic E-state index is 13.4. The van der Waals surface area contributed by atoms with Crippen LogP contribution in [-0.4, -0.2) is 17.7 Å². The molecule has 4 heteroatoms. The van der Waals surface area contributed by atoms with Gasteiger partial charge in [0.15, 0.2) is 0 Å². The monoisotopic (exact) mass is 257 g/mol. The fourth-order valence-corrected chi connectivity index (χ4v) is 1.48. The van der Waals surface area contributed by atoms with Gasteiger partial charge in [0.2, 0.25) is 0 Å². The van der Waals surface area contributed by atoms with Crippen LogP contribution in [0.2, 0.25) is 0 Å². The number of benzene rings is 1. The molecule has 2 nitrogen and oxygen atoms in total. The van der Waals surface area contributed by atoms with Crippen LogP contribution in [-0.2, 0) is 0 Å². The van der Waals surface area contributed by atoms with Crippen molar-refractivity contribution in [2.45, 2.75) is 39.8 Å². The SMILES string of the molecule is CC(NCC(O)c1ccc(F)cc1F)C(C)(C)C. The second-order valence-corrected chi connectivity index (χ2v) is 5.68. The standard InChI is InChI=1S/C14H21F2NO/c1-9(14(2,3)4)17-8-13(18)11-6-5-10(15)7-12(11)16/h5-7,9,13,17-18H,8H2,1-4H3. The molecule has 0 radical (unpaired) electrons. The zero-order chi connectivity index (χ0) is 13.9. The van der Waals surface area contributed by atoms with E-state index in [0.717, 1.165) is 12.1 Å². The Bertz CT molecular complexity index is 401. The molecule has 0 saturated carbocycles. The topological polar surface area (TPSA) is 32.3 Å². The number of rotatable bonds is 4. The van der Waals surface area contributed by atoms with Crippen molar-refractivity contribution in [1.29, 1.82) is 0 Å². The van der Waals surface area contributed by atoms with Gasteiger partial charge in [0.1, 0.15) is 11.6 Å². The molecule has 0 bridgehead atoms. The van der Waals surface area contributed by atoms with Crippen molar-refractivity contribution in [2.24, 2.45) is 5.41 Å². The first-order valence-corrected chi connectivity index (χ1v) is 6.08. The second kappa shape index (κ2) is 5.76. The number of hydrogen-bond donors (Lipinski definition) is 2. The Hall–Kier alpha value is -1.00. The molecule has 18 heavy (non-hydrogen) atoms. The van der Waals surface area contributed by atoms with Crippen molar-refractivity contribution in [3.8, 4) is 0 Å². The van der Waals surface area contributed by atoms with E-state index in [9.17, 15) is 13.9 Å². The molecule has 0 aliphatic heterocycles. The number of aliphatic hydroxyl groups excluding tert-OH is 1. The van der Waals surface area contributed by atoms with E-state index in [2.05, 4.69) is 26.1 Å². The largest absolute Gasteiger partial charge is 0.387 e. The average molecular weight is 257 g/mol. The summed E-state index contributed by atoms with van der Waals surface area (Å²) in [5, 5.41) is 13.0. The Labute approximate surface area is 107 Å². The maximum atomic E-state index is 13.4. The summed E-state index contributed by atoms with van der Waals surface area (Å²) in [7, 11) is 0. The number of halogens is 2. The summed E-state index contributed by atoms with van der Waals surface area (Å²) in [6.07, 6.45) is -0.976. The molecular weight excluding hydrogens is 236 g/mol. The van der Waals surface area contributed by atoms with Crippen LogP contribution in [0, 0.1) is 17.0 Å². The second-order valence-electron chi connectivity index (χ2n) is 5.68. The van der Waals surface area contributed by atoms with Gasteiger partial charge in [-0.2, -0.15) is 0 Å². The van der Waals surface area contributed by atoms with Gasteiger partial charge >= 0.3 is 0 Å². The lowest BCUT2D eigenvalue weighted by Gasteiger charge is -2.29. The van der Waals surface area contributed by atoms with Crippen molar-refractivity contribution in [2.75, 3.05) is 6.54 Å². The summed E-state index contributed by atoms with van der Waals surface area (Å²) in [5.74, 6) is -1.35. The summed E-state index contributed by atoms with van der Waals surface area (Å²) in [6.45, 7) is 8.48. The predicted octanol–water partition coefficient (Wildman–Crippen LogP) is 3.02. The summed E-state index contributed by atoms with van der Waals surface area (Å²) in [6, 6.07) is 3.38. The summed E-state index contributed by atoms with van der Waals surface area (Å²) in [5.41, 5.74) is 0.172. The number of aliphatic hydroxyl groups is 1. The van der Waals surface area contributed by atoms with Crippen LogP contribution < -0.4 is 5.32 Å². The highest BCUT2D eigenvalue weighted by atomic mass is 19.1. The van der Waals surface area contributed by atoms with Gasteiger partial charge in [-0.25, -0.2) is 8.78 Å². The van der Waals surface area contributed by atoms with Gasteiger partial charge in [-0.3, -0.25) is 0 Å². The molecule has 0 heterocycles. The Morgan fingerprint density at radius 1 is 1.28 bits per heavy atom. The lowest BCUT2D eigenvalue weighted by molar-refractivity contribution is 0.154. The van der Waals surface area contributed by atoms with Crippen LogP contribution in [0.3, 0.4) is 0 Å². The van der Waals surface area contributed by atoms with E-state index in [-0.39, 0.29) is 23.6 Å². The third-order valence-electron chi connectivity index (χ3n) is 3.24. The van der Waals surface area contributed by atoms with Gasteiger partial charge < -0.3 is 10.4 Å². The minimum Gasteiger partial charge on any atom is -0.387 e. The molecule has 2 atom stereocenters. The van der Waals surface area contributed by atoms with Crippen LogP contribution in [0.4, 0.5) is 8.78 Å². The Kier molecular flexibility index (Phi) is 4.82. The number of nitrogens with one attached hydrogen (secondary N) is 1. The summed E-state index contributed by atoms with van der Waals surface area (Å²) in [4.78, 5) is 0.